The van der Waals surface area contributed by atoms with Gasteiger partial charge in [-0.05, 0) is 36.9 Å². The second-order valence-corrected chi connectivity index (χ2v) is 10.2. The van der Waals surface area contributed by atoms with E-state index in [1.807, 2.05) is 61.0 Å². The highest BCUT2D eigenvalue weighted by atomic mass is 32.2. The van der Waals surface area contributed by atoms with Crippen molar-refractivity contribution in [2.75, 3.05) is 5.32 Å². The Morgan fingerprint density at radius 2 is 1.89 bits per heavy atom. The molecule has 0 radical (unpaired) electrons. The third kappa shape index (κ3) is 5.21. The summed E-state index contributed by atoms with van der Waals surface area (Å²) in [7, 11) is 0. The average Bonchev–Trinajstić information content (AvgIpc) is 3.42. The molecule has 0 amide bonds. The van der Waals surface area contributed by atoms with Gasteiger partial charge in [0, 0.05) is 22.5 Å². The van der Waals surface area contributed by atoms with Gasteiger partial charge in [-0.3, -0.25) is 4.98 Å². The molecule has 4 heterocycles. The summed E-state index contributed by atoms with van der Waals surface area (Å²) in [6.45, 7) is 3.89. The van der Waals surface area contributed by atoms with Crippen molar-refractivity contribution in [1.82, 2.24) is 15.0 Å². The Labute approximate surface area is 212 Å². The van der Waals surface area contributed by atoms with Crippen molar-refractivity contribution in [1.29, 1.82) is 0 Å². The lowest BCUT2D eigenvalue weighted by Gasteiger charge is -2.13. The van der Waals surface area contributed by atoms with Crippen LogP contribution in [0, 0.1) is 13.8 Å². The number of pyridine rings is 2. The predicted octanol–water partition coefficient (Wildman–Crippen LogP) is 7.51. The number of thiophene rings is 1. The molecule has 0 saturated carbocycles. The van der Waals surface area contributed by atoms with Gasteiger partial charge in [-0.15, -0.1) is 22.7 Å². The van der Waals surface area contributed by atoms with Crippen LogP contribution in [0.4, 0.5) is 15.7 Å². The molecule has 0 fully saturated rings. The second-order valence-electron chi connectivity index (χ2n) is 7.37. The molecule has 0 spiro atoms. The van der Waals surface area contributed by atoms with Crippen LogP contribution in [0.15, 0.2) is 69.3 Å². The van der Waals surface area contributed by atoms with Gasteiger partial charge in [0.1, 0.15) is 5.75 Å². The summed E-state index contributed by atoms with van der Waals surface area (Å²) in [5.74, 6) is 1.84. The van der Waals surface area contributed by atoms with Crippen molar-refractivity contribution in [3.05, 3.63) is 70.8 Å². The zero-order chi connectivity index (χ0) is 24.4. The third-order valence-corrected chi connectivity index (χ3v) is 7.92. The molecular formula is C24H18N4O4S3. The summed E-state index contributed by atoms with van der Waals surface area (Å²) in [5, 5.41) is 17.1. The fraction of sp³-hybridized carbons (Fsp3) is 0.0833. The van der Waals surface area contributed by atoms with Crippen LogP contribution < -0.4 is 14.8 Å². The number of aromatic nitrogens is 3. The zero-order valence-electron chi connectivity index (χ0n) is 18.5. The molecule has 0 unspecified atom stereocenters. The lowest BCUT2D eigenvalue weighted by molar-refractivity contribution is 0.143. The van der Waals surface area contributed by atoms with Crippen molar-refractivity contribution >= 4 is 61.8 Å². The average molecular weight is 523 g/mol. The standard InChI is InChI=1S/C24H18N4O4S3/c1-13-11-33-21-19(13)25-10-18(32-24(29)30)20(21)35-16-8-17(31-15-6-4-3-5-7-15)22(26-9-16)28-23-27-14(2)12-34-23/h3-12H,1-2H3,(H,29,30)(H,26,27,28). The number of thiazole rings is 1. The monoisotopic (exact) mass is 522 g/mol. The minimum Gasteiger partial charge on any atom is -0.453 e. The number of benzene rings is 1. The Balaban J connectivity index is 1.54. The lowest BCUT2D eigenvalue weighted by atomic mass is 10.3. The van der Waals surface area contributed by atoms with E-state index in [0.29, 0.717) is 27.3 Å². The van der Waals surface area contributed by atoms with Crippen molar-refractivity contribution in [3.8, 4) is 17.2 Å². The normalized spacial score (nSPS) is 10.9. The lowest BCUT2D eigenvalue weighted by Crippen LogP contribution is -2.04. The predicted molar refractivity (Wildman–Crippen MR) is 138 cm³/mol. The number of anilines is 2. The number of ether oxygens (including phenoxy) is 2. The number of aryl methyl sites for hydroxylation is 2. The topological polar surface area (TPSA) is 106 Å². The van der Waals surface area contributed by atoms with Crippen LogP contribution in [0.2, 0.25) is 0 Å². The molecule has 2 N–H and O–H groups in total. The molecule has 11 heteroatoms. The van der Waals surface area contributed by atoms with E-state index in [4.69, 9.17) is 9.47 Å². The van der Waals surface area contributed by atoms with E-state index in [1.54, 1.807) is 6.20 Å². The minimum absolute atomic E-state index is 0.169. The van der Waals surface area contributed by atoms with Gasteiger partial charge in [-0.25, -0.2) is 14.8 Å². The van der Waals surface area contributed by atoms with Crippen LogP contribution in [0.25, 0.3) is 10.2 Å². The number of hydrogen-bond donors (Lipinski definition) is 2. The van der Waals surface area contributed by atoms with Crippen LogP contribution in [-0.2, 0) is 0 Å². The molecule has 5 rings (SSSR count). The summed E-state index contributed by atoms with van der Waals surface area (Å²) in [6, 6.07) is 11.3. The van der Waals surface area contributed by atoms with Gasteiger partial charge in [-0.2, -0.15) is 0 Å². The molecule has 35 heavy (non-hydrogen) atoms. The van der Waals surface area contributed by atoms with Crippen LogP contribution in [0.3, 0.4) is 0 Å². The Morgan fingerprint density at radius 3 is 2.63 bits per heavy atom. The number of nitrogens with one attached hydrogen (secondary N) is 1. The molecule has 1 aromatic carbocycles. The molecule has 0 aliphatic carbocycles. The van der Waals surface area contributed by atoms with Crippen LogP contribution >= 0.6 is 34.4 Å². The van der Waals surface area contributed by atoms with Crippen molar-refractivity contribution in [3.63, 3.8) is 0 Å². The van der Waals surface area contributed by atoms with Crippen LogP contribution in [-0.4, -0.2) is 26.2 Å². The van der Waals surface area contributed by atoms with Gasteiger partial charge >= 0.3 is 6.16 Å². The van der Waals surface area contributed by atoms with Crippen molar-refractivity contribution < 1.29 is 19.4 Å². The highest BCUT2D eigenvalue weighted by Crippen LogP contribution is 2.44. The van der Waals surface area contributed by atoms with E-state index >= 15 is 0 Å². The summed E-state index contributed by atoms with van der Waals surface area (Å²) in [4.78, 5) is 26.1. The first kappa shape index (κ1) is 23.1. The summed E-state index contributed by atoms with van der Waals surface area (Å²) < 4.78 is 12.0. The molecule has 4 aromatic heterocycles. The first-order valence-corrected chi connectivity index (χ1v) is 12.9. The highest BCUT2D eigenvalue weighted by molar-refractivity contribution is 7.99. The fourth-order valence-electron chi connectivity index (χ4n) is 3.22. The van der Waals surface area contributed by atoms with Gasteiger partial charge in [0.25, 0.3) is 0 Å². The highest BCUT2D eigenvalue weighted by Gasteiger charge is 2.19. The van der Waals surface area contributed by atoms with Gasteiger partial charge in [0.2, 0.25) is 0 Å². The molecule has 0 aliphatic heterocycles. The fourth-order valence-corrected chi connectivity index (χ4v) is 6.00. The smallest absolute Gasteiger partial charge is 0.453 e. The number of para-hydroxylation sites is 1. The van der Waals surface area contributed by atoms with Gasteiger partial charge in [0.05, 0.1) is 27.0 Å². The van der Waals surface area contributed by atoms with E-state index in [1.165, 1.54) is 40.6 Å². The maximum Gasteiger partial charge on any atom is 0.511 e. The Hall–Kier alpha value is -3.67. The quantitative estimate of drug-likeness (QED) is 0.210. The first-order valence-electron chi connectivity index (χ1n) is 10.3. The Kier molecular flexibility index (Phi) is 6.53. The Morgan fingerprint density at radius 1 is 1.06 bits per heavy atom. The zero-order valence-corrected chi connectivity index (χ0v) is 21.0. The molecule has 5 aromatic rings. The van der Waals surface area contributed by atoms with Crippen molar-refractivity contribution in [2.45, 2.75) is 23.6 Å². The van der Waals surface area contributed by atoms with E-state index in [9.17, 15) is 9.90 Å². The van der Waals surface area contributed by atoms with Crippen LogP contribution in [0.5, 0.6) is 17.2 Å². The number of carbonyl (C=O) groups is 1. The maximum atomic E-state index is 11.3. The molecule has 0 saturated heterocycles. The minimum atomic E-state index is -1.40. The number of carboxylic acid groups (broad SMARTS) is 1. The van der Waals surface area contributed by atoms with Gasteiger partial charge < -0.3 is 19.9 Å². The summed E-state index contributed by atoms with van der Waals surface area (Å²) in [5.41, 5.74) is 2.73. The Bertz CT molecular complexity index is 1520. The summed E-state index contributed by atoms with van der Waals surface area (Å²) >= 11 is 4.31. The molecular weight excluding hydrogens is 504 g/mol. The van der Waals surface area contributed by atoms with Crippen LogP contribution in [0.1, 0.15) is 11.3 Å². The molecule has 8 nitrogen and oxygen atoms in total. The SMILES string of the molecule is Cc1csc(Nc2ncc(Sc3c(OC(=O)O)cnc4c(C)csc34)cc2Oc2ccccc2)n1. The van der Waals surface area contributed by atoms with Gasteiger partial charge in [0.15, 0.2) is 22.4 Å². The number of fused-ring (bicyclic) bond motifs is 1. The molecule has 176 valence electrons. The second kappa shape index (κ2) is 9.90. The van der Waals surface area contributed by atoms with E-state index < -0.39 is 6.16 Å². The van der Waals surface area contributed by atoms with Crippen molar-refractivity contribution in [2.24, 2.45) is 0 Å². The van der Waals surface area contributed by atoms with Gasteiger partial charge in [-0.1, -0.05) is 30.0 Å². The maximum absolute atomic E-state index is 11.3. The first-order chi connectivity index (χ1) is 17.0. The largest absolute Gasteiger partial charge is 0.511 e. The third-order valence-electron chi connectivity index (χ3n) is 4.74. The number of rotatable bonds is 7. The number of nitrogens with zero attached hydrogens (tertiary/aromatic N) is 3. The van der Waals surface area contributed by atoms with E-state index in [-0.39, 0.29) is 5.75 Å². The summed E-state index contributed by atoms with van der Waals surface area (Å²) in [6.07, 6.45) is 1.74. The van der Waals surface area contributed by atoms with E-state index in [0.717, 1.165) is 26.4 Å². The van der Waals surface area contributed by atoms with E-state index in [2.05, 4.69) is 20.3 Å². The molecule has 0 bridgehead atoms. The molecule has 0 atom stereocenters. The number of hydrogen-bond acceptors (Lipinski definition) is 10. The molecule has 0 aliphatic rings.